The largest absolute Gasteiger partial charge is 0.355 e. The fraction of sp³-hybridized carbons (Fsp3) is 0.526. The maximum atomic E-state index is 12.1. The molecule has 1 rings (SSSR count). The third-order valence-electron chi connectivity index (χ3n) is 4.73. The van der Waals surface area contributed by atoms with Gasteiger partial charge in [-0.3, -0.25) is 4.79 Å². The molecule has 0 fully saturated rings. The molecule has 0 aliphatic carbocycles. The summed E-state index contributed by atoms with van der Waals surface area (Å²) in [6, 6.07) is 5.72. The van der Waals surface area contributed by atoms with Gasteiger partial charge in [0.25, 0.3) is 5.91 Å². The molecule has 1 amide bonds. The first-order valence-corrected chi connectivity index (χ1v) is 11.2. The number of rotatable bonds is 4. The molecule has 0 spiro atoms. The van der Waals surface area contributed by atoms with Crippen molar-refractivity contribution in [1.29, 1.82) is 0 Å². The summed E-state index contributed by atoms with van der Waals surface area (Å²) < 4.78 is 0.890. The number of carbonyl (C=O) groups excluding carboxylic acids is 1. The predicted molar refractivity (Wildman–Crippen MR) is 105 cm³/mol. The Morgan fingerprint density at radius 2 is 1.61 bits per heavy atom. The van der Waals surface area contributed by atoms with Crippen LogP contribution in [0.1, 0.15) is 57.5 Å². The molecule has 0 heterocycles. The molecule has 1 N–H and O–H groups in total. The van der Waals surface area contributed by atoms with Gasteiger partial charge in [-0.1, -0.05) is 63.4 Å². The van der Waals surface area contributed by atoms with E-state index in [0.717, 1.165) is 10.0 Å². The highest BCUT2D eigenvalue weighted by molar-refractivity contribution is 9.10. The summed E-state index contributed by atoms with van der Waals surface area (Å²) in [6.45, 7) is 13.8. The molecule has 0 aliphatic rings. The maximum absolute atomic E-state index is 12.1. The molecule has 4 heteroatoms. The van der Waals surface area contributed by atoms with Crippen molar-refractivity contribution in [3.63, 3.8) is 0 Å². The minimum atomic E-state index is -1.80. The van der Waals surface area contributed by atoms with Crippen LogP contribution in [0.2, 0.25) is 16.6 Å². The molecule has 23 heavy (non-hydrogen) atoms. The zero-order chi connectivity index (χ0) is 17.8. The Morgan fingerprint density at radius 1 is 1.09 bits per heavy atom. The van der Waals surface area contributed by atoms with E-state index in [1.54, 1.807) is 7.05 Å². The van der Waals surface area contributed by atoms with Crippen LogP contribution in [0.25, 0.3) is 0 Å². The van der Waals surface area contributed by atoms with Gasteiger partial charge in [-0.05, 0) is 34.8 Å². The van der Waals surface area contributed by atoms with E-state index in [-0.39, 0.29) is 5.91 Å². The van der Waals surface area contributed by atoms with Crippen LogP contribution in [0.4, 0.5) is 0 Å². The summed E-state index contributed by atoms with van der Waals surface area (Å²) >= 11 is 3.43. The number of carbonyl (C=O) groups is 1. The maximum Gasteiger partial charge on any atom is 0.252 e. The zero-order valence-electron chi connectivity index (χ0n) is 15.3. The Morgan fingerprint density at radius 3 is 2.04 bits per heavy atom. The number of hydrogen-bond acceptors (Lipinski definition) is 1. The highest BCUT2D eigenvalue weighted by Gasteiger charge is 2.41. The van der Waals surface area contributed by atoms with Crippen LogP contribution in [-0.2, 0) is 0 Å². The van der Waals surface area contributed by atoms with Gasteiger partial charge >= 0.3 is 0 Å². The topological polar surface area (TPSA) is 29.1 Å². The highest BCUT2D eigenvalue weighted by atomic mass is 79.9. The second-order valence-electron chi connectivity index (χ2n) is 6.92. The van der Waals surface area contributed by atoms with Gasteiger partial charge in [0.15, 0.2) is 0 Å². The molecule has 0 radical (unpaired) electrons. The van der Waals surface area contributed by atoms with Crippen LogP contribution in [0.3, 0.4) is 0 Å². The molecule has 0 unspecified atom stereocenters. The molecule has 2 nitrogen and oxygen atoms in total. The van der Waals surface area contributed by atoms with Crippen molar-refractivity contribution in [2.24, 2.45) is 0 Å². The molecular weight excluding hydrogens is 366 g/mol. The van der Waals surface area contributed by atoms with E-state index in [2.05, 4.69) is 74.3 Å². The number of hydrogen-bond donors (Lipinski definition) is 1. The normalized spacial score (nSPS) is 11.6. The molecule has 0 atom stereocenters. The van der Waals surface area contributed by atoms with Gasteiger partial charge in [0.2, 0.25) is 0 Å². The van der Waals surface area contributed by atoms with E-state index in [4.69, 9.17) is 0 Å². The Balaban J connectivity index is 3.47. The molecule has 1 aromatic carbocycles. The van der Waals surface area contributed by atoms with Crippen molar-refractivity contribution < 1.29 is 4.79 Å². The van der Waals surface area contributed by atoms with E-state index >= 15 is 0 Å². The lowest BCUT2D eigenvalue weighted by Crippen LogP contribution is -2.43. The van der Waals surface area contributed by atoms with Crippen LogP contribution in [0.15, 0.2) is 22.7 Å². The molecule has 126 valence electrons. The van der Waals surface area contributed by atoms with Crippen molar-refractivity contribution in [3.8, 4) is 11.5 Å². The molecule has 0 saturated heterocycles. The molecular formula is C19H28BrNOSi. The number of amides is 1. The summed E-state index contributed by atoms with van der Waals surface area (Å²) in [7, 11) is -0.148. The average molecular weight is 394 g/mol. The lowest BCUT2D eigenvalue weighted by molar-refractivity contribution is 0.0963. The molecule has 1 aromatic rings. The number of halogens is 1. The standard InChI is InChI=1S/C19H28BrNOSi/c1-13(2)23(14(3)4,15(5)6)11-10-16-8-9-17(20)12-18(16)19(22)21-7/h8-9,12-15H,1-7H3,(H,21,22). The van der Waals surface area contributed by atoms with Gasteiger partial charge in [-0.2, -0.15) is 0 Å². The van der Waals surface area contributed by atoms with Gasteiger partial charge < -0.3 is 5.32 Å². The van der Waals surface area contributed by atoms with Crippen LogP contribution >= 0.6 is 15.9 Å². The van der Waals surface area contributed by atoms with Gasteiger partial charge in [-0.15, -0.1) is 5.54 Å². The minimum absolute atomic E-state index is 0.0958. The summed E-state index contributed by atoms with van der Waals surface area (Å²) in [5.74, 6) is 3.27. The van der Waals surface area contributed by atoms with Gasteiger partial charge in [0.1, 0.15) is 8.07 Å². The van der Waals surface area contributed by atoms with Gasteiger partial charge in [0, 0.05) is 17.1 Å². The lowest BCUT2D eigenvalue weighted by Gasteiger charge is -2.38. The third kappa shape index (κ3) is 4.27. The first-order valence-electron chi connectivity index (χ1n) is 8.21. The van der Waals surface area contributed by atoms with Crippen molar-refractivity contribution in [2.75, 3.05) is 7.05 Å². The van der Waals surface area contributed by atoms with E-state index < -0.39 is 8.07 Å². The van der Waals surface area contributed by atoms with Crippen molar-refractivity contribution in [2.45, 2.75) is 58.2 Å². The monoisotopic (exact) mass is 393 g/mol. The quantitative estimate of drug-likeness (QED) is 0.539. The van der Waals surface area contributed by atoms with Gasteiger partial charge in [-0.25, -0.2) is 0 Å². The second-order valence-corrected chi connectivity index (χ2v) is 13.4. The summed E-state index contributed by atoms with van der Waals surface area (Å²) in [4.78, 5) is 12.1. The van der Waals surface area contributed by atoms with Crippen molar-refractivity contribution >= 4 is 29.9 Å². The molecule has 0 saturated carbocycles. The van der Waals surface area contributed by atoms with E-state index in [9.17, 15) is 4.79 Å². The second kappa shape index (κ2) is 8.17. The SMILES string of the molecule is CNC(=O)c1cc(Br)ccc1C#C[Si](C(C)C)(C(C)C)C(C)C. The first kappa shape index (κ1) is 20.0. The lowest BCUT2D eigenvalue weighted by atomic mass is 10.1. The van der Waals surface area contributed by atoms with Crippen LogP contribution in [0, 0.1) is 11.5 Å². The Labute approximate surface area is 150 Å². The van der Waals surface area contributed by atoms with Crippen LogP contribution < -0.4 is 5.32 Å². The van der Waals surface area contributed by atoms with Crippen LogP contribution in [0.5, 0.6) is 0 Å². The third-order valence-corrected chi connectivity index (χ3v) is 11.5. The Kier molecular flexibility index (Phi) is 7.10. The predicted octanol–water partition coefficient (Wildman–Crippen LogP) is 5.38. The summed E-state index contributed by atoms with van der Waals surface area (Å²) in [5.41, 5.74) is 6.86. The summed E-state index contributed by atoms with van der Waals surface area (Å²) in [6.07, 6.45) is 0. The van der Waals surface area contributed by atoms with E-state index in [1.807, 2.05) is 18.2 Å². The smallest absolute Gasteiger partial charge is 0.252 e. The minimum Gasteiger partial charge on any atom is -0.355 e. The Bertz CT molecular complexity index is 604. The van der Waals surface area contributed by atoms with E-state index in [0.29, 0.717) is 22.2 Å². The van der Waals surface area contributed by atoms with E-state index in [1.165, 1.54) is 0 Å². The number of benzene rings is 1. The van der Waals surface area contributed by atoms with Crippen LogP contribution in [-0.4, -0.2) is 21.0 Å². The fourth-order valence-corrected chi connectivity index (χ4v) is 9.13. The first-order chi connectivity index (χ1) is 10.7. The fourth-order valence-electron chi connectivity index (χ4n) is 3.56. The highest BCUT2D eigenvalue weighted by Crippen LogP contribution is 2.40. The zero-order valence-corrected chi connectivity index (χ0v) is 17.8. The summed E-state index contributed by atoms with van der Waals surface area (Å²) in [5, 5.41) is 2.70. The number of nitrogens with one attached hydrogen (secondary N) is 1. The van der Waals surface area contributed by atoms with Gasteiger partial charge in [0.05, 0.1) is 5.56 Å². The average Bonchev–Trinajstić information content (AvgIpc) is 2.47. The molecule has 0 aliphatic heterocycles. The van der Waals surface area contributed by atoms with Crippen molar-refractivity contribution in [1.82, 2.24) is 5.32 Å². The molecule has 0 aromatic heterocycles. The van der Waals surface area contributed by atoms with Crippen molar-refractivity contribution in [3.05, 3.63) is 33.8 Å². The Hall–Kier alpha value is -1.05. The molecule has 0 bridgehead atoms.